The van der Waals surface area contributed by atoms with Gasteiger partial charge in [0.25, 0.3) is 11.8 Å². The second-order valence-corrected chi connectivity index (χ2v) is 6.45. The van der Waals surface area contributed by atoms with Crippen molar-refractivity contribution < 1.29 is 9.59 Å². The highest BCUT2D eigenvalue weighted by molar-refractivity contribution is 8.02. The molecule has 2 aromatic rings. The first-order chi connectivity index (χ1) is 10.1. The number of amides is 1. The van der Waals surface area contributed by atoms with Crippen LogP contribution in [-0.2, 0) is 9.67 Å². The molecule has 1 aromatic carbocycles. The van der Waals surface area contributed by atoms with Gasteiger partial charge in [0.05, 0.1) is 5.25 Å². The average Bonchev–Trinajstić information content (AvgIpc) is 3.00. The summed E-state index contributed by atoms with van der Waals surface area (Å²) in [4.78, 5) is 27.9. The number of rotatable bonds is 0. The van der Waals surface area contributed by atoms with Crippen LogP contribution in [0.25, 0.3) is 0 Å². The van der Waals surface area contributed by atoms with Crippen molar-refractivity contribution >= 4 is 35.2 Å². The summed E-state index contributed by atoms with van der Waals surface area (Å²) in [5.41, 5.74) is 1.55. The molecule has 8 heteroatoms. The predicted octanol–water partition coefficient (Wildman–Crippen LogP) is 1.27. The summed E-state index contributed by atoms with van der Waals surface area (Å²) in [6.45, 7) is 1.77. The van der Waals surface area contributed by atoms with Crippen LogP contribution in [0.3, 0.4) is 0 Å². The molecule has 0 radical (unpaired) electrons. The lowest BCUT2D eigenvalue weighted by atomic mass is 10.1. The predicted molar refractivity (Wildman–Crippen MR) is 78.1 cm³/mol. The van der Waals surface area contributed by atoms with Gasteiger partial charge in [0.1, 0.15) is 6.33 Å². The molecule has 2 aliphatic rings. The topological polar surface area (TPSA) is 88.9 Å². The molecule has 2 atom stereocenters. The molecule has 0 bridgehead atoms. The van der Waals surface area contributed by atoms with Gasteiger partial charge in [-0.2, -0.15) is 14.8 Å². The number of para-hydroxylation sites is 1. The molecule has 0 saturated heterocycles. The number of thioether (sulfide) groups is 1. The number of nitrogens with zero attached hydrogens (tertiary/aromatic N) is 3. The number of carbonyl (C=O) groups excluding carboxylic acids is 2. The highest BCUT2D eigenvalue weighted by Gasteiger charge is 2.52. The van der Waals surface area contributed by atoms with Gasteiger partial charge in [-0.05, 0) is 13.0 Å². The number of hydrogen-bond acceptors (Lipinski definition) is 6. The van der Waals surface area contributed by atoms with E-state index < -0.39 is 10.1 Å². The van der Waals surface area contributed by atoms with Crippen LogP contribution in [0.1, 0.15) is 17.3 Å². The van der Waals surface area contributed by atoms with Gasteiger partial charge in [-0.25, -0.2) is 0 Å². The Kier molecular flexibility index (Phi) is 2.41. The third-order valence-electron chi connectivity index (χ3n) is 3.62. The van der Waals surface area contributed by atoms with E-state index in [0.29, 0.717) is 0 Å². The Labute approximate surface area is 124 Å². The Morgan fingerprint density at radius 2 is 2.14 bits per heavy atom. The normalized spacial score (nSPS) is 26.8. The van der Waals surface area contributed by atoms with Crippen LogP contribution in [0.5, 0.6) is 0 Å². The maximum atomic E-state index is 12.6. The maximum absolute atomic E-state index is 12.6. The molecule has 1 amide bonds. The van der Waals surface area contributed by atoms with E-state index in [2.05, 4.69) is 20.7 Å². The largest absolute Gasteiger partial charge is 0.328 e. The van der Waals surface area contributed by atoms with E-state index >= 15 is 0 Å². The average molecular weight is 301 g/mol. The van der Waals surface area contributed by atoms with Crippen molar-refractivity contribution in [2.24, 2.45) is 0 Å². The lowest BCUT2D eigenvalue weighted by Gasteiger charge is -2.27. The van der Waals surface area contributed by atoms with E-state index in [-0.39, 0.29) is 17.8 Å². The first-order valence-electron chi connectivity index (χ1n) is 6.43. The number of hydrogen-bond donors (Lipinski definition) is 2. The van der Waals surface area contributed by atoms with Crippen molar-refractivity contribution in [2.45, 2.75) is 17.0 Å². The van der Waals surface area contributed by atoms with Crippen LogP contribution in [0, 0.1) is 0 Å². The van der Waals surface area contributed by atoms with E-state index in [0.717, 1.165) is 11.3 Å². The molecule has 0 aliphatic carbocycles. The maximum Gasteiger partial charge on any atom is 0.265 e. The zero-order valence-corrected chi connectivity index (χ0v) is 11.8. The molecular formula is C13H11N5O2S. The van der Waals surface area contributed by atoms with Crippen LogP contribution >= 0.6 is 11.8 Å². The molecule has 0 fully saturated rings. The van der Waals surface area contributed by atoms with Crippen LogP contribution < -0.4 is 10.6 Å². The van der Waals surface area contributed by atoms with Gasteiger partial charge in [0.2, 0.25) is 5.95 Å². The van der Waals surface area contributed by atoms with E-state index in [1.54, 1.807) is 6.92 Å². The molecule has 21 heavy (non-hydrogen) atoms. The first-order valence-corrected chi connectivity index (χ1v) is 7.31. The van der Waals surface area contributed by atoms with E-state index in [1.807, 2.05) is 24.3 Å². The second-order valence-electron chi connectivity index (χ2n) is 4.90. The molecule has 0 saturated carbocycles. The van der Waals surface area contributed by atoms with Crippen molar-refractivity contribution in [3.63, 3.8) is 0 Å². The molecule has 1 spiro atoms. The van der Waals surface area contributed by atoms with Crippen molar-refractivity contribution in [1.82, 2.24) is 14.8 Å². The van der Waals surface area contributed by atoms with Gasteiger partial charge in [-0.1, -0.05) is 18.2 Å². The SMILES string of the molecule is C[C@H]1S[C@@]2(Nc3ncnn3C1=O)C(=O)Nc1ccccc12. The number of fused-ring (bicyclic) bond motifs is 3. The minimum Gasteiger partial charge on any atom is -0.328 e. The quantitative estimate of drug-likeness (QED) is 0.762. The van der Waals surface area contributed by atoms with Crippen LogP contribution in [0.15, 0.2) is 30.6 Å². The minimum atomic E-state index is -1.06. The molecular weight excluding hydrogens is 290 g/mol. The number of carbonyl (C=O) groups is 2. The van der Waals surface area contributed by atoms with Gasteiger partial charge in [0.15, 0.2) is 4.87 Å². The zero-order chi connectivity index (χ0) is 14.6. The third kappa shape index (κ3) is 1.56. The van der Waals surface area contributed by atoms with E-state index in [4.69, 9.17) is 0 Å². The summed E-state index contributed by atoms with van der Waals surface area (Å²) in [6, 6.07) is 7.44. The van der Waals surface area contributed by atoms with Gasteiger partial charge >= 0.3 is 0 Å². The molecule has 0 unspecified atom stereocenters. The molecule has 2 N–H and O–H groups in total. The summed E-state index contributed by atoms with van der Waals surface area (Å²) in [6.07, 6.45) is 1.30. The number of anilines is 2. The highest BCUT2D eigenvalue weighted by Crippen LogP contribution is 2.48. The van der Waals surface area contributed by atoms with Crippen molar-refractivity contribution in [3.8, 4) is 0 Å². The summed E-state index contributed by atoms with van der Waals surface area (Å²) in [5.74, 6) is -0.123. The van der Waals surface area contributed by atoms with Crippen molar-refractivity contribution in [1.29, 1.82) is 0 Å². The number of benzene rings is 1. The van der Waals surface area contributed by atoms with Crippen molar-refractivity contribution in [2.75, 3.05) is 10.6 Å². The van der Waals surface area contributed by atoms with E-state index in [1.165, 1.54) is 22.8 Å². The summed E-state index contributed by atoms with van der Waals surface area (Å²) in [5, 5.41) is 9.45. The second kappa shape index (κ2) is 4.08. The zero-order valence-electron chi connectivity index (χ0n) is 11.0. The van der Waals surface area contributed by atoms with Crippen LogP contribution in [0.4, 0.5) is 11.6 Å². The molecule has 4 rings (SSSR count). The first kappa shape index (κ1) is 12.4. The van der Waals surface area contributed by atoms with Gasteiger partial charge in [0, 0.05) is 11.3 Å². The van der Waals surface area contributed by atoms with Gasteiger partial charge in [-0.3, -0.25) is 9.59 Å². The fourth-order valence-corrected chi connectivity index (χ4v) is 3.98. The van der Waals surface area contributed by atoms with Crippen molar-refractivity contribution in [3.05, 3.63) is 36.2 Å². The summed E-state index contributed by atoms with van der Waals surface area (Å²) >= 11 is 1.26. The molecule has 106 valence electrons. The Morgan fingerprint density at radius 3 is 3.00 bits per heavy atom. The smallest absolute Gasteiger partial charge is 0.265 e. The van der Waals surface area contributed by atoms with Gasteiger partial charge in [-0.15, -0.1) is 11.8 Å². The van der Waals surface area contributed by atoms with E-state index in [9.17, 15) is 9.59 Å². The fourth-order valence-electron chi connectivity index (χ4n) is 2.64. The molecule has 2 aliphatic heterocycles. The Hall–Kier alpha value is -2.35. The van der Waals surface area contributed by atoms with Gasteiger partial charge < -0.3 is 10.6 Å². The third-order valence-corrected chi connectivity index (χ3v) is 5.04. The highest BCUT2D eigenvalue weighted by atomic mass is 32.2. The van der Waals surface area contributed by atoms with Crippen LogP contribution in [0.2, 0.25) is 0 Å². The molecule has 3 heterocycles. The monoisotopic (exact) mass is 301 g/mol. The molecule has 7 nitrogen and oxygen atoms in total. The molecule has 1 aromatic heterocycles. The van der Waals surface area contributed by atoms with Crippen LogP contribution in [-0.4, -0.2) is 31.8 Å². The number of aromatic nitrogens is 3. The summed E-state index contributed by atoms with van der Waals surface area (Å²) < 4.78 is 1.21. The Balaban J connectivity index is 1.93. The Morgan fingerprint density at radius 1 is 1.33 bits per heavy atom. The number of nitrogens with one attached hydrogen (secondary N) is 2. The summed E-state index contributed by atoms with van der Waals surface area (Å²) in [7, 11) is 0. The lowest BCUT2D eigenvalue weighted by molar-refractivity contribution is -0.117. The Bertz CT molecular complexity index is 773. The lowest BCUT2D eigenvalue weighted by Crippen LogP contribution is -2.40. The standard InChI is InChI=1S/C13H11N5O2S/c1-7-10(19)18-12(14-6-15-18)17-13(21-7)8-4-2-3-5-9(8)16-11(13)20/h2-7H,1H3,(H,16,20)(H,14,15,17)/t7-,13-/m1/s1. The fraction of sp³-hybridized carbons (Fsp3) is 0.231. The minimum absolute atomic E-state index is 0.200.